The maximum atomic E-state index is 6.40. The van der Waals surface area contributed by atoms with E-state index in [9.17, 15) is 0 Å². The van der Waals surface area contributed by atoms with Crippen LogP contribution in [0.25, 0.3) is 88.7 Å². The van der Waals surface area contributed by atoms with Crippen molar-refractivity contribution < 1.29 is 4.42 Å². The van der Waals surface area contributed by atoms with Gasteiger partial charge >= 0.3 is 0 Å². The first-order chi connectivity index (χ1) is 33.2. The minimum atomic E-state index is -0.193. The van der Waals surface area contributed by atoms with Gasteiger partial charge in [0.05, 0.1) is 0 Å². The normalized spacial score (nSPS) is 13.8. The van der Waals surface area contributed by atoms with E-state index in [1.807, 2.05) is 12.1 Å². The maximum absolute atomic E-state index is 6.40. The van der Waals surface area contributed by atoms with E-state index in [1.54, 1.807) is 0 Å². The highest BCUT2D eigenvalue weighted by Gasteiger charge is 2.38. The van der Waals surface area contributed by atoms with Crippen molar-refractivity contribution in [2.45, 2.75) is 38.5 Å². The fourth-order valence-corrected chi connectivity index (χ4v) is 11.4. The van der Waals surface area contributed by atoms with Gasteiger partial charge in [0.2, 0.25) is 0 Å². The van der Waals surface area contributed by atoms with Crippen LogP contribution in [-0.4, -0.2) is 0 Å². The van der Waals surface area contributed by atoms with Gasteiger partial charge in [0.1, 0.15) is 11.2 Å². The van der Waals surface area contributed by atoms with E-state index in [1.165, 1.54) is 77.9 Å². The molecule has 2 nitrogen and oxygen atoms in total. The summed E-state index contributed by atoms with van der Waals surface area (Å²) in [4.78, 5) is 2.46. The van der Waals surface area contributed by atoms with Crippen LogP contribution in [0.1, 0.15) is 49.9 Å². The summed E-state index contributed by atoms with van der Waals surface area (Å²) in [6.45, 7) is 9.54. The van der Waals surface area contributed by atoms with Crippen molar-refractivity contribution in [3.8, 4) is 66.8 Å². The number of para-hydroxylation sites is 2. The summed E-state index contributed by atoms with van der Waals surface area (Å²) in [5, 5.41) is 2.29. The van der Waals surface area contributed by atoms with E-state index in [0.717, 1.165) is 50.1 Å². The third-order valence-electron chi connectivity index (χ3n) is 15.1. The molecule has 0 fully saturated rings. The molecule has 0 N–H and O–H groups in total. The topological polar surface area (TPSA) is 16.4 Å². The Morgan fingerprint density at radius 2 is 0.691 bits per heavy atom. The predicted octanol–water partition coefficient (Wildman–Crippen LogP) is 18.3. The molecule has 10 aromatic carbocycles. The Labute approximate surface area is 398 Å². The van der Waals surface area contributed by atoms with Gasteiger partial charge in [0.15, 0.2) is 0 Å². The summed E-state index contributed by atoms with van der Waals surface area (Å²) >= 11 is 0. The molecular weight excluding hydrogens is 823 g/mol. The van der Waals surface area contributed by atoms with Gasteiger partial charge in [0.25, 0.3) is 0 Å². The first-order valence-electron chi connectivity index (χ1n) is 23.8. The Morgan fingerprint density at radius 1 is 0.294 bits per heavy atom. The summed E-state index contributed by atoms with van der Waals surface area (Å²) in [7, 11) is 0. The van der Waals surface area contributed by atoms with Crippen molar-refractivity contribution in [2.24, 2.45) is 0 Å². The molecule has 1 aromatic heterocycles. The highest BCUT2D eigenvalue weighted by atomic mass is 16.3. The summed E-state index contributed by atoms with van der Waals surface area (Å²) in [5.74, 6) is 0. The molecular formula is C66H49NO. The molecule has 0 radical (unpaired) electrons. The second kappa shape index (κ2) is 15.2. The van der Waals surface area contributed by atoms with Crippen LogP contribution < -0.4 is 4.90 Å². The molecule has 2 aliphatic carbocycles. The largest absolute Gasteiger partial charge is 0.455 e. The number of furan rings is 1. The summed E-state index contributed by atoms with van der Waals surface area (Å²) in [5.41, 5.74) is 25.1. The van der Waals surface area contributed by atoms with Gasteiger partial charge in [-0.15, -0.1) is 0 Å². The van der Waals surface area contributed by atoms with E-state index in [-0.39, 0.29) is 10.8 Å². The summed E-state index contributed by atoms with van der Waals surface area (Å²) in [6, 6.07) is 82.5. The molecule has 68 heavy (non-hydrogen) atoms. The van der Waals surface area contributed by atoms with Gasteiger partial charge in [-0.05, 0) is 138 Å². The zero-order chi connectivity index (χ0) is 45.7. The predicted molar refractivity (Wildman–Crippen MR) is 285 cm³/mol. The monoisotopic (exact) mass is 871 g/mol. The van der Waals surface area contributed by atoms with Crippen LogP contribution in [0.2, 0.25) is 0 Å². The number of fused-ring (bicyclic) bond motifs is 9. The van der Waals surface area contributed by atoms with Crippen LogP contribution in [-0.2, 0) is 10.8 Å². The van der Waals surface area contributed by atoms with E-state index < -0.39 is 0 Å². The second-order valence-corrected chi connectivity index (χ2v) is 19.7. The van der Waals surface area contributed by atoms with Crippen molar-refractivity contribution >= 4 is 39.0 Å². The van der Waals surface area contributed by atoms with Crippen LogP contribution in [0.15, 0.2) is 229 Å². The molecule has 2 heteroatoms. The maximum Gasteiger partial charge on any atom is 0.143 e. The average Bonchev–Trinajstić information content (AvgIpc) is 3.96. The van der Waals surface area contributed by atoms with Crippen molar-refractivity contribution in [2.75, 3.05) is 4.90 Å². The zero-order valence-electron chi connectivity index (χ0n) is 38.7. The number of anilines is 3. The number of benzene rings is 10. The standard InChI is InChI=1S/C66H49NO/c1-65(2)59-38-47(42-14-7-5-8-15-42)28-34-53(59)55-36-32-50(40-61(55)65)67(51-33-37-56-54-35-29-48(43-16-9-6-10-17-43)39-60(54)66(3,4)62(56)41-51)49-30-26-45(27-31-49)44-22-24-46(25-23-44)52-19-13-20-58-57-18-11-12-21-63(57)68-64(52)58/h5-41H,1-4H3. The highest BCUT2D eigenvalue weighted by Crippen LogP contribution is 2.54. The second-order valence-electron chi connectivity index (χ2n) is 19.7. The van der Waals surface area contributed by atoms with E-state index in [2.05, 4.69) is 245 Å². The fraction of sp³-hybridized carbons (Fsp3) is 0.0909. The minimum absolute atomic E-state index is 0.193. The number of nitrogens with zero attached hydrogens (tertiary/aromatic N) is 1. The molecule has 324 valence electrons. The van der Waals surface area contributed by atoms with Crippen LogP contribution in [0, 0.1) is 0 Å². The molecule has 13 rings (SSSR count). The molecule has 0 amide bonds. The molecule has 0 bridgehead atoms. The summed E-state index contributed by atoms with van der Waals surface area (Å²) < 4.78 is 6.40. The number of hydrogen-bond acceptors (Lipinski definition) is 2. The van der Waals surface area contributed by atoms with Crippen molar-refractivity contribution in [1.82, 2.24) is 0 Å². The molecule has 1 heterocycles. The van der Waals surface area contributed by atoms with Gasteiger partial charge in [0, 0.05) is 44.2 Å². The molecule has 0 saturated heterocycles. The summed E-state index contributed by atoms with van der Waals surface area (Å²) in [6.07, 6.45) is 0. The SMILES string of the molecule is CC1(C)c2cc(-c3ccccc3)ccc2-c2ccc(N(c3ccc(-c4ccc(-c5cccc6c5oc5ccccc56)cc4)cc3)c3ccc4c(c3)C(C)(C)c3cc(-c5ccccc5)ccc3-4)cc21. The van der Waals surface area contributed by atoms with Gasteiger partial charge in [-0.25, -0.2) is 0 Å². The lowest BCUT2D eigenvalue weighted by atomic mass is 9.81. The minimum Gasteiger partial charge on any atom is -0.455 e. The first kappa shape index (κ1) is 40.1. The Balaban J connectivity index is 0.892. The quantitative estimate of drug-likeness (QED) is 0.159. The lowest BCUT2D eigenvalue weighted by Crippen LogP contribution is -2.18. The Kier molecular flexibility index (Phi) is 8.95. The van der Waals surface area contributed by atoms with Gasteiger partial charge in [-0.1, -0.05) is 198 Å². The van der Waals surface area contributed by atoms with Crippen molar-refractivity contribution in [1.29, 1.82) is 0 Å². The van der Waals surface area contributed by atoms with Crippen LogP contribution >= 0.6 is 0 Å². The lowest BCUT2D eigenvalue weighted by Gasteiger charge is -2.30. The molecule has 0 saturated carbocycles. The average molecular weight is 872 g/mol. The first-order valence-corrected chi connectivity index (χ1v) is 23.8. The Morgan fingerprint density at radius 3 is 1.24 bits per heavy atom. The van der Waals surface area contributed by atoms with Gasteiger partial charge in [-0.2, -0.15) is 0 Å². The van der Waals surface area contributed by atoms with Crippen LogP contribution in [0.4, 0.5) is 17.1 Å². The third kappa shape index (κ3) is 6.25. The van der Waals surface area contributed by atoms with E-state index >= 15 is 0 Å². The third-order valence-corrected chi connectivity index (χ3v) is 15.1. The molecule has 0 spiro atoms. The molecule has 0 aliphatic heterocycles. The lowest BCUT2D eigenvalue weighted by molar-refractivity contribution is 0.660. The van der Waals surface area contributed by atoms with E-state index in [4.69, 9.17) is 4.42 Å². The Hall–Kier alpha value is -8.20. The molecule has 0 atom stereocenters. The van der Waals surface area contributed by atoms with Crippen molar-refractivity contribution in [3.05, 3.63) is 247 Å². The van der Waals surface area contributed by atoms with Crippen LogP contribution in [0.3, 0.4) is 0 Å². The zero-order valence-corrected chi connectivity index (χ0v) is 38.7. The number of rotatable bonds is 7. The van der Waals surface area contributed by atoms with Crippen LogP contribution in [0.5, 0.6) is 0 Å². The number of hydrogen-bond donors (Lipinski definition) is 0. The smallest absolute Gasteiger partial charge is 0.143 e. The van der Waals surface area contributed by atoms with E-state index in [0.29, 0.717) is 0 Å². The van der Waals surface area contributed by atoms with Crippen molar-refractivity contribution in [3.63, 3.8) is 0 Å². The molecule has 2 aliphatic rings. The molecule has 0 unspecified atom stereocenters. The van der Waals surface area contributed by atoms with Gasteiger partial charge in [-0.3, -0.25) is 0 Å². The molecule has 11 aromatic rings. The highest BCUT2D eigenvalue weighted by molar-refractivity contribution is 6.09. The fourth-order valence-electron chi connectivity index (χ4n) is 11.4. The Bertz CT molecular complexity index is 3610. The van der Waals surface area contributed by atoms with Gasteiger partial charge < -0.3 is 9.32 Å².